The van der Waals surface area contributed by atoms with Gasteiger partial charge in [-0.25, -0.2) is 4.39 Å². The molecule has 2 rings (SSSR count). The Morgan fingerprint density at radius 2 is 2.25 bits per heavy atom. The van der Waals surface area contributed by atoms with Crippen molar-refractivity contribution < 1.29 is 14.3 Å². The van der Waals surface area contributed by atoms with Crippen LogP contribution in [-0.2, 0) is 11.2 Å². The average Bonchev–Trinajstić information content (AvgIpc) is 2.92. The molecule has 1 aromatic carbocycles. The lowest BCUT2D eigenvalue weighted by atomic mass is 10.1. The summed E-state index contributed by atoms with van der Waals surface area (Å²) in [5.41, 5.74) is 1.60. The Kier molecular flexibility index (Phi) is 5.26. The fraction of sp³-hybridized carbons (Fsp3) is 0.267. The molecule has 20 heavy (non-hydrogen) atoms. The Morgan fingerprint density at radius 1 is 1.40 bits per heavy atom. The lowest BCUT2D eigenvalue weighted by molar-refractivity contribution is -0.123. The van der Waals surface area contributed by atoms with Gasteiger partial charge in [0.25, 0.3) is 0 Å². The van der Waals surface area contributed by atoms with Gasteiger partial charge in [-0.3, -0.25) is 4.79 Å². The number of amides is 1. The van der Waals surface area contributed by atoms with Crippen LogP contribution in [0.4, 0.5) is 4.39 Å². The van der Waals surface area contributed by atoms with Gasteiger partial charge in [0.1, 0.15) is 5.82 Å². The number of benzene rings is 1. The van der Waals surface area contributed by atoms with E-state index in [1.807, 2.05) is 16.8 Å². The van der Waals surface area contributed by atoms with E-state index in [2.05, 4.69) is 5.32 Å². The number of carbonyl (C=O) groups excluding carboxylic acids is 1. The quantitative estimate of drug-likeness (QED) is 0.860. The number of carbonyl (C=O) groups is 1. The fourth-order valence-electron chi connectivity index (χ4n) is 1.86. The molecule has 0 saturated heterocycles. The largest absolute Gasteiger partial charge is 0.388 e. The topological polar surface area (TPSA) is 49.3 Å². The smallest absolute Gasteiger partial charge is 0.222 e. The maximum Gasteiger partial charge on any atom is 0.222 e. The van der Waals surface area contributed by atoms with Crippen molar-refractivity contribution in [1.29, 1.82) is 0 Å². The van der Waals surface area contributed by atoms with Crippen LogP contribution in [0.15, 0.2) is 41.1 Å². The van der Waals surface area contributed by atoms with Gasteiger partial charge in [-0.05, 0) is 46.5 Å². The maximum absolute atomic E-state index is 13.0. The van der Waals surface area contributed by atoms with Crippen LogP contribution < -0.4 is 5.32 Å². The zero-order valence-corrected chi connectivity index (χ0v) is 11.7. The van der Waals surface area contributed by atoms with Crippen molar-refractivity contribution in [3.05, 3.63) is 58.0 Å². The molecule has 1 heterocycles. The molecule has 0 radical (unpaired) electrons. The molecule has 0 fully saturated rings. The first-order valence-corrected chi connectivity index (χ1v) is 7.31. The van der Waals surface area contributed by atoms with Crippen LogP contribution >= 0.6 is 11.3 Å². The molecule has 1 amide bonds. The van der Waals surface area contributed by atoms with E-state index in [1.165, 1.54) is 23.8 Å². The highest BCUT2D eigenvalue weighted by Crippen LogP contribution is 2.17. The highest BCUT2D eigenvalue weighted by atomic mass is 32.1. The van der Waals surface area contributed by atoms with Crippen molar-refractivity contribution in [2.45, 2.75) is 18.9 Å². The van der Waals surface area contributed by atoms with E-state index >= 15 is 0 Å². The summed E-state index contributed by atoms with van der Waals surface area (Å²) < 4.78 is 13.0. The van der Waals surface area contributed by atoms with Crippen molar-refractivity contribution in [3.63, 3.8) is 0 Å². The van der Waals surface area contributed by atoms with Crippen LogP contribution in [0.1, 0.15) is 23.7 Å². The molecular formula is C15H16FNO2S. The molecule has 0 aliphatic heterocycles. The predicted molar refractivity (Wildman–Crippen MR) is 77.0 cm³/mol. The van der Waals surface area contributed by atoms with Crippen LogP contribution in [0.5, 0.6) is 0 Å². The second-order valence-electron chi connectivity index (χ2n) is 4.51. The highest BCUT2D eigenvalue weighted by molar-refractivity contribution is 7.07. The standard InChI is InChI=1S/C15H16FNO2S/c16-13-3-1-2-12(8-13)14(18)9-15(19)17-6-4-11-5-7-20-10-11/h1-3,5,7-8,10,14,18H,4,6,9H2,(H,17,19). The fourth-order valence-corrected chi connectivity index (χ4v) is 2.56. The average molecular weight is 293 g/mol. The molecule has 2 aromatic rings. The van der Waals surface area contributed by atoms with Crippen molar-refractivity contribution in [3.8, 4) is 0 Å². The Hall–Kier alpha value is -1.72. The summed E-state index contributed by atoms with van der Waals surface area (Å²) in [6.07, 6.45) is -0.273. The summed E-state index contributed by atoms with van der Waals surface area (Å²) in [6.45, 7) is 0.533. The number of halogens is 1. The summed E-state index contributed by atoms with van der Waals surface area (Å²) in [4.78, 5) is 11.7. The number of thiophene rings is 1. The van der Waals surface area contributed by atoms with Crippen LogP contribution in [0.2, 0.25) is 0 Å². The van der Waals surface area contributed by atoms with Crippen LogP contribution in [-0.4, -0.2) is 17.6 Å². The SMILES string of the molecule is O=C(CC(O)c1cccc(F)c1)NCCc1ccsc1. The van der Waals surface area contributed by atoms with E-state index in [0.717, 1.165) is 6.42 Å². The van der Waals surface area contributed by atoms with Gasteiger partial charge in [0.05, 0.1) is 12.5 Å². The Bertz CT molecular complexity index is 557. The van der Waals surface area contributed by atoms with Gasteiger partial charge in [-0.15, -0.1) is 0 Å². The lowest BCUT2D eigenvalue weighted by Gasteiger charge is -2.11. The highest BCUT2D eigenvalue weighted by Gasteiger charge is 2.13. The minimum absolute atomic E-state index is 0.0624. The molecule has 0 saturated carbocycles. The Balaban J connectivity index is 1.76. The van der Waals surface area contributed by atoms with Crippen molar-refractivity contribution in [2.24, 2.45) is 0 Å². The normalized spacial score (nSPS) is 12.1. The van der Waals surface area contributed by atoms with E-state index in [-0.39, 0.29) is 12.3 Å². The van der Waals surface area contributed by atoms with Crippen molar-refractivity contribution in [2.75, 3.05) is 6.54 Å². The molecule has 106 valence electrons. The number of hydrogen-bond donors (Lipinski definition) is 2. The third-order valence-corrected chi connectivity index (χ3v) is 3.66. The van der Waals surface area contributed by atoms with E-state index in [4.69, 9.17) is 0 Å². The number of nitrogens with one attached hydrogen (secondary N) is 1. The first kappa shape index (κ1) is 14.7. The van der Waals surface area contributed by atoms with Crippen molar-refractivity contribution >= 4 is 17.2 Å². The number of rotatable bonds is 6. The molecule has 2 N–H and O–H groups in total. The minimum Gasteiger partial charge on any atom is -0.388 e. The molecule has 0 aliphatic rings. The summed E-state index contributed by atoms with van der Waals surface area (Å²) in [5.74, 6) is -0.656. The van der Waals surface area contributed by atoms with Gasteiger partial charge in [-0.1, -0.05) is 12.1 Å². The number of aliphatic hydroxyl groups is 1. The first-order chi connectivity index (χ1) is 9.65. The van der Waals surface area contributed by atoms with Crippen LogP contribution in [0, 0.1) is 5.82 Å². The zero-order valence-electron chi connectivity index (χ0n) is 10.9. The summed E-state index contributed by atoms with van der Waals surface area (Å²) in [5, 5.41) is 16.6. The van der Waals surface area contributed by atoms with E-state index in [9.17, 15) is 14.3 Å². The van der Waals surface area contributed by atoms with E-state index in [0.29, 0.717) is 12.1 Å². The molecule has 1 aromatic heterocycles. The summed E-state index contributed by atoms with van der Waals surface area (Å²) >= 11 is 1.62. The van der Waals surface area contributed by atoms with Crippen LogP contribution in [0.3, 0.4) is 0 Å². The van der Waals surface area contributed by atoms with Crippen molar-refractivity contribution in [1.82, 2.24) is 5.32 Å². The second-order valence-corrected chi connectivity index (χ2v) is 5.29. The Labute approximate surface area is 121 Å². The third-order valence-electron chi connectivity index (χ3n) is 2.93. The molecular weight excluding hydrogens is 277 g/mol. The molecule has 3 nitrogen and oxygen atoms in total. The van der Waals surface area contributed by atoms with Gasteiger partial charge >= 0.3 is 0 Å². The van der Waals surface area contributed by atoms with Gasteiger partial charge in [0, 0.05) is 6.54 Å². The molecule has 0 spiro atoms. The Morgan fingerprint density at radius 3 is 2.95 bits per heavy atom. The van der Waals surface area contributed by atoms with Crippen LogP contribution in [0.25, 0.3) is 0 Å². The summed E-state index contributed by atoms with van der Waals surface area (Å²) in [6, 6.07) is 7.67. The second kappa shape index (κ2) is 7.17. The monoisotopic (exact) mass is 293 g/mol. The van der Waals surface area contributed by atoms with Gasteiger partial charge < -0.3 is 10.4 Å². The third kappa shape index (κ3) is 4.43. The maximum atomic E-state index is 13.0. The molecule has 0 bridgehead atoms. The van der Waals surface area contributed by atoms with Gasteiger partial charge in [-0.2, -0.15) is 11.3 Å². The van der Waals surface area contributed by atoms with Gasteiger partial charge in [0.2, 0.25) is 5.91 Å². The van der Waals surface area contributed by atoms with E-state index in [1.54, 1.807) is 17.4 Å². The molecule has 0 aliphatic carbocycles. The number of hydrogen-bond acceptors (Lipinski definition) is 3. The van der Waals surface area contributed by atoms with Gasteiger partial charge in [0.15, 0.2) is 0 Å². The minimum atomic E-state index is -0.980. The first-order valence-electron chi connectivity index (χ1n) is 6.36. The number of aliphatic hydroxyl groups excluding tert-OH is 1. The lowest BCUT2D eigenvalue weighted by Crippen LogP contribution is -2.27. The zero-order chi connectivity index (χ0) is 14.4. The molecule has 5 heteroatoms. The van der Waals surface area contributed by atoms with E-state index < -0.39 is 11.9 Å². The molecule has 1 unspecified atom stereocenters. The summed E-state index contributed by atoms with van der Waals surface area (Å²) in [7, 11) is 0. The predicted octanol–water partition coefficient (Wildman–Crippen LogP) is 2.67. The molecule has 1 atom stereocenters.